The quantitative estimate of drug-likeness (QED) is 0.509. The van der Waals surface area contributed by atoms with Crippen LogP contribution in [0.25, 0.3) is 0 Å². The van der Waals surface area contributed by atoms with Crippen LogP contribution in [0.1, 0.15) is 0 Å². The van der Waals surface area contributed by atoms with Gasteiger partial charge in [0.1, 0.15) is 6.23 Å². The third kappa shape index (κ3) is 1.55. The van der Waals surface area contributed by atoms with Crippen LogP contribution in [-0.4, -0.2) is 46.4 Å². The van der Waals surface area contributed by atoms with E-state index in [0.717, 1.165) is 0 Å². The Balaban J connectivity index is 2.15. The maximum atomic E-state index is 8.98. The zero-order chi connectivity index (χ0) is 6.85. The molecule has 0 saturated carbocycles. The Morgan fingerprint density at radius 1 is 1.67 bits per heavy atom. The number of aliphatic hydroxyl groups is 2. The minimum absolute atomic E-state index is 0.215. The van der Waals surface area contributed by atoms with Gasteiger partial charge in [0.25, 0.3) is 0 Å². The van der Waals surface area contributed by atoms with Crippen LogP contribution in [0.4, 0.5) is 0 Å². The summed E-state index contributed by atoms with van der Waals surface area (Å²) in [5.74, 6) is 0.215. The molecule has 2 N–H and O–H groups in total. The molecule has 0 aromatic rings. The maximum absolute atomic E-state index is 8.98. The van der Waals surface area contributed by atoms with Gasteiger partial charge in [-0.2, -0.15) is 0 Å². The summed E-state index contributed by atoms with van der Waals surface area (Å²) < 4.78 is 0. The first-order chi connectivity index (χ1) is 4.24. The molecule has 0 aromatic carbocycles. The lowest BCUT2D eigenvalue weighted by Crippen LogP contribution is -2.55. The number of β-amino-alcohol motifs (C(OH)–C–C–N with tert-alkyl or cyclic N) is 1. The Labute approximate surface area is 58.8 Å². The van der Waals surface area contributed by atoms with Crippen molar-refractivity contribution in [2.45, 2.75) is 12.3 Å². The Bertz CT molecular complexity index is 95.0. The van der Waals surface area contributed by atoms with Gasteiger partial charge < -0.3 is 10.2 Å². The SMILES string of the molecule is OC1CN(C(O)CCl)C1. The number of alkyl halides is 1. The van der Waals surface area contributed by atoms with Gasteiger partial charge in [-0.15, -0.1) is 11.6 Å². The van der Waals surface area contributed by atoms with E-state index in [0.29, 0.717) is 13.1 Å². The molecule has 54 valence electrons. The number of halogens is 1. The normalized spacial score (nSPS) is 25.7. The average molecular weight is 152 g/mol. The Hall–Kier alpha value is 0.170. The van der Waals surface area contributed by atoms with Crippen molar-refractivity contribution in [2.75, 3.05) is 19.0 Å². The zero-order valence-electron chi connectivity index (χ0n) is 5.00. The summed E-state index contributed by atoms with van der Waals surface area (Å²) in [6, 6.07) is 0. The molecule has 3 nitrogen and oxygen atoms in total. The van der Waals surface area contributed by atoms with Gasteiger partial charge in [-0.25, -0.2) is 0 Å². The third-order valence-electron chi connectivity index (χ3n) is 1.45. The van der Waals surface area contributed by atoms with Crippen LogP contribution in [0.3, 0.4) is 0 Å². The van der Waals surface area contributed by atoms with E-state index in [1.807, 2.05) is 0 Å². The molecule has 1 unspecified atom stereocenters. The van der Waals surface area contributed by atoms with Gasteiger partial charge in [-0.1, -0.05) is 0 Å². The van der Waals surface area contributed by atoms with Crippen molar-refractivity contribution < 1.29 is 10.2 Å². The van der Waals surface area contributed by atoms with Crippen molar-refractivity contribution in [2.24, 2.45) is 0 Å². The van der Waals surface area contributed by atoms with Crippen LogP contribution in [0, 0.1) is 0 Å². The molecule has 0 spiro atoms. The molecule has 1 heterocycles. The van der Waals surface area contributed by atoms with Crippen molar-refractivity contribution in [3.05, 3.63) is 0 Å². The van der Waals surface area contributed by atoms with Gasteiger partial charge >= 0.3 is 0 Å². The van der Waals surface area contributed by atoms with Gasteiger partial charge in [0.2, 0.25) is 0 Å². The highest BCUT2D eigenvalue weighted by atomic mass is 35.5. The standard InChI is InChI=1S/C5H10ClNO2/c6-1-5(9)7-2-4(8)3-7/h4-5,8-9H,1-3H2. The molecular formula is C5H10ClNO2. The molecule has 0 aliphatic carbocycles. The Morgan fingerprint density at radius 2 is 2.22 bits per heavy atom. The molecular weight excluding hydrogens is 142 g/mol. The van der Waals surface area contributed by atoms with Crippen molar-refractivity contribution in [3.8, 4) is 0 Å². The predicted octanol–water partition coefficient (Wildman–Crippen LogP) is -0.780. The summed E-state index contributed by atoms with van der Waals surface area (Å²) in [4.78, 5) is 1.72. The second-order valence-electron chi connectivity index (χ2n) is 2.24. The maximum Gasteiger partial charge on any atom is 0.121 e. The third-order valence-corrected chi connectivity index (χ3v) is 1.73. The second-order valence-corrected chi connectivity index (χ2v) is 2.55. The monoisotopic (exact) mass is 151 g/mol. The van der Waals surface area contributed by atoms with Crippen molar-refractivity contribution in [1.82, 2.24) is 4.90 Å². The molecule has 1 fully saturated rings. The largest absolute Gasteiger partial charge is 0.390 e. The van der Waals surface area contributed by atoms with E-state index in [-0.39, 0.29) is 12.0 Å². The number of hydrogen-bond acceptors (Lipinski definition) is 3. The van der Waals surface area contributed by atoms with E-state index in [2.05, 4.69) is 0 Å². The lowest BCUT2D eigenvalue weighted by Gasteiger charge is -2.38. The topological polar surface area (TPSA) is 43.7 Å². The molecule has 4 heteroatoms. The Kier molecular flexibility index (Phi) is 2.29. The zero-order valence-corrected chi connectivity index (χ0v) is 5.75. The summed E-state index contributed by atoms with van der Waals surface area (Å²) in [6.07, 6.45) is -0.835. The second kappa shape index (κ2) is 2.84. The first kappa shape index (κ1) is 7.28. The summed E-state index contributed by atoms with van der Waals surface area (Å²) >= 11 is 5.33. The molecule has 1 aliphatic rings. The number of hydrogen-bond donors (Lipinski definition) is 2. The van der Waals surface area contributed by atoms with E-state index < -0.39 is 6.23 Å². The number of aliphatic hydroxyl groups excluding tert-OH is 2. The minimum atomic E-state index is -0.574. The molecule has 0 bridgehead atoms. The van der Waals surface area contributed by atoms with Crippen LogP contribution in [0.2, 0.25) is 0 Å². The fourth-order valence-electron chi connectivity index (χ4n) is 0.829. The number of rotatable bonds is 2. The van der Waals surface area contributed by atoms with Crippen LogP contribution in [0.5, 0.6) is 0 Å². The van der Waals surface area contributed by atoms with Crippen molar-refractivity contribution in [3.63, 3.8) is 0 Å². The summed E-state index contributed by atoms with van der Waals surface area (Å²) in [5, 5.41) is 17.7. The highest BCUT2D eigenvalue weighted by molar-refractivity contribution is 6.18. The minimum Gasteiger partial charge on any atom is -0.390 e. The van der Waals surface area contributed by atoms with E-state index in [1.165, 1.54) is 0 Å². The smallest absolute Gasteiger partial charge is 0.121 e. The summed E-state index contributed by atoms with van der Waals surface area (Å²) in [6.45, 7) is 1.10. The van der Waals surface area contributed by atoms with E-state index in [9.17, 15) is 0 Å². The summed E-state index contributed by atoms with van der Waals surface area (Å²) in [7, 11) is 0. The molecule has 1 saturated heterocycles. The van der Waals surface area contributed by atoms with Crippen LogP contribution < -0.4 is 0 Å². The number of likely N-dealkylation sites (tertiary alicyclic amines) is 1. The van der Waals surface area contributed by atoms with Gasteiger partial charge in [0.15, 0.2) is 0 Å². The fourth-order valence-corrected chi connectivity index (χ4v) is 1.02. The van der Waals surface area contributed by atoms with Gasteiger partial charge in [-0.3, -0.25) is 4.90 Å². The first-order valence-corrected chi connectivity index (χ1v) is 3.43. The van der Waals surface area contributed by atoms with Crippen LogP contribution in [-0.2, 0) is 0 Å². The predicted molar refractivity (Wildman–Crippen MR) is 34.3 cm³/mol. The summed E-state index contributed by atoms with van der Waals surface area (Å²) in [5.41, 5.74) is 0. The van der Waals surface area contributed by atoms with Gasteiger partial charge in [0, 0.05) is 13.1 Å². The molecule has 0 aromatic heterocycles. The lowest BCUT2D eigenvalue weighted by atomic mass is 10.2. The fraction of sp³-hybridized carbons (Fsp3) is 1.00. The van der Waals surface area contributed by atoms with Crippen molar-refractivity contribution in [1.29, 1.82) is 0 Å². The highest BCUT2D eigenvalue weighted by Crippen LogP contribution is 2.10. The van der Waals surface area contributed by atoms with E-state index >= 15 is 0 Å². The number of nitrogens with zero attached hydrogens (tertiary/aromatic N) is 1. The average Bonchev–Trinajstić information content (AvgIpc) is 1.79. The van der Waals surface area contributed by atoms with E-state index in [1.54, 1.807) is 4.90 Å². The molecule has 1 aliphatic heterocycles. The van der Waals surface area contributed by atoms with Crippen LogP contribution in [0.15, 0.2) is 0 Å². The highest BCUT2D eigenvalue weighted by Gasteiger charge is 2.28. The molecule has 1 atom stereocenters. The van der Waals surface area contributed by atoms with Crippen LogP contribution >= 0.6 is 11.6 Å². The van der Waals surface area contributed by atoms with Crippen molar-refractivity contribution >= 4 is 11.6 Å². The molecule has 0 radical (unpaired) electrons. The first-order valence-electron chi connectivity index (χ1n) is 2.90. The molecule has 0 amide bonds. The van der Waals surface area contributed by atoms with Gasteiger partial charge in [-0.05, 0) is 0 Å². The molecule has 9 heavy (non-hydrogen) atoms. The van der Waals surface area contributed by atoms with E-state index in [4.69, 9.17) is 21.8 Å². The molecule has 1 rings (SSSR count). The van der Waals surface area contributed by atoms with Gasteiger partial charge in [0.05, 0.1) is 12.0 Å². The Morgan fingerprint density at radius 3 is 2.56 bits per heavy atom. The lowest BCUT2D eigenvalue weighted by molar-refractivity contribution is -0.0883.